The quantitative estimate of drug-likeness (QED) is 0.618. The highest BCUT2D eigenvalue weighted by Crippen LogP contribution is 2.12. The average Bonchev–Trinajstić information content (AvgIpc) is 2.29. The second kappa shape index (κ2) is 6.00. The number of guanidine groups is 1. The lowest BCUT2D eigenvalue weighted by atomic mass is 10.2. The fourth-order valence-electron chi connectivity index (χ4n) is 1.40. The smallest absolute Gasteiger partial charge is 0.193 e. The maximum Gasteiger partial charge on any atom is 0.193 e. The molecule has 1 N–H and O–H groups in total. The molecule has 1 rings (SSSR count). The van der Waals surface area contributed by atoms with Gasteiger partial charge in [0.05, 0.1) is 7.11 Å². The zero-order valence-corrected chi connectivity index (χ0v) is 10.3. The molecule has 0 aromatic heterocycles. The van der Waals surface area contributed by atoms with E-state index in [1.54, 1.807) is 14.2 Å². The summed E-state index contributed by atoms with van der Waals surface area (Å²) in [7, 11) is 7.36. The molecule has 16 heavy (non-hydrogen) atoms. The third-order valence-electron chi connectivity index (χ3n) is 2.22. The van der Waals surface area contributed by atoms with Crippen LogP contribution >= 0.6 is 0 Å². The van der Waals surface area contributed by atoms with Crippen LogP contribution in [0.1, 0.15) is 5.56 Å². The molecule has 0 amide bonds. The Morgan fingerprint density at radius 2 is 2.19 bits per heavy atom. The summed E-state index contributed by atoms with van der Waals surface area (Å²) in [5.74, 6) is 1.74. The van der Waals surface area contributed by atoms with E-state index >= 15 is 0 Å². The van der Waals surface area contributed by atoms with Gasteiger partial charge in [0.1, 0.15) is 5.75 Å². The molecule has 0 saturated heterocycles. The van der Waals surface area contributed by atoms with Crippen LogP contribution in [0.25, 0.3) is 0 Å². The molecule has 0 fully saturated rings. The molecule has 0 aliphatic heterocycles. The van der Waals surface area contributed by atoms with Gasteiger partial charge in [0.15, 0.2) is 5.96 Å². The average molecular weight is 221 g/mol. The van der Waals surface area contributed by atoms with Gasteiger partial charge in [0.2, 0.25) is 0 Å². The van der Waals surface area contributed by atoms with Gasteiger partial charge in [-0.05, 0) is 17.7 Å². The lowest BCUT2D eigenvalue weighted by molar-refractivity contribution is 0.414. The molecule has 88 valence electrons. The highest BCUT2D eigenvalue weighted by atomic mass is 16.5. The Labute approximate surface area is 96.9 Å². The number of methoxy groups -OCH3 is 1. The van der Waals surface area contributed by atoms with Crippen LogP contribution in [0.4, 0.5) is 0 Å². The number of aliphatic imine (C=N–C) groups is 1. The highest BCUT2D eigenvalue weighted by Gasteiger charge is 2.00. The van der Waals surface area contributed by atoms with Crippen molar-refractivity contribution in [1.82, 2.24) is 10.2 Å². The Bertz CT molecular complexity index is 361. The second-order valence-corrected chi connectivity index (χ2v) is 3.65. The summed E-state index contributed by atoms with van der Waals surface area (Å²) < 4.78 is 5.17. The van der Waals surface area contributed by atoms with E-state index in [1.807, 2.05) is 37.2 Å². The largest absolute Gasteiger partial charge is 0.497 e. The number of rotatable bonds is 3. The number of benzene rings is 1. The highest BCUT2D eigenvalue weighted by molar-refractivity contribution is 5.79. The number of nitrogens with zero attached hydrogens (tertiary/aromatic N) is 2. The summed E-state index contributed by atoms with van der Waals surface area (Å²) in [6.07, 6.45) is 0. The molecule has 4 heteroatoms. The maximum absolute atomic E-state index is 5.17. The van der Waals surface area contributed by atoms with E-state index in [2.05, 4.69) is 16.4 Å². The van der Waals surface area contributed by atoms with Crippen LogP contribution in [-0.4, -0.2) is 39.1 Å². The monoisotopic (exact) mass is 221 g/mol. The first-order valence-corrected chi connectivity index (χ1v) is 5.18. The number of nitrogens with one attached hydrogen (secondary N) is 1. The molecular formula is C12H19N3O. The predicted molar refractivity (Wildman–Crippen MR) is 66.9 cm³/mol. The maximum atomic E-state index is 5.17. The zero-order valence-electron chi connectivity index (χ0n) is 10.3. The van der Waals surface area contributed by atoms with Gasteiger partial charge in [0.25, 0.3) is 0 Å². The third kappa shape index (κ3) is 3.46. The van der Waals surface area contributed by atoms with Crippen molar-refractivity contribution in [3.05, 3.63) is 29.8 Å². The molecule has 0 radical (unpaired) electrons. The zero-order chi connectivity index (χ0) is 12.0. The van der Waals surface area contributed by atoms with Crippen LogP contribution in [0, 0.1) is 0 Å². The van der Waals surface area contributed by atoms with E-state index < -0.39 is 0 Å². The molecule has 1 aromatic carbocycles. The van der Waals surface area contributed by atoms with Gasteiger partial charge in [-0.15, -0.1) is 0 Å². The molecule has 0 bridgehead atoms. The van der Waals surface area contributed by atoms with Gasteiger partial charge >= 0.3 is 0 Å². The first-order valence-electron chi connectivity index (χ1n) is 5.18. The molecule has 0 heterocycles. The van der Waals surface area contributed by atoms with Crippen molar-refractivity contribution in [1.29, 1.82) is 0 Å². The van der Waals surface area contributed by atoms with Gasteiger partial charge < -0.3 is 15.0 Å². The van der Waals surface area contributed by atoms with E-state index in [0.717, 1.165) is 18.3 Å². The Balaban J connectivity index is 2.60. The first-order chi connectivity index (χ1) is 7.67. The molecule has 0 aliphatic rings. The minimum atomic E-state index is 0.738. The van der Waals surface area contributed by atoms with E-state index in [-0.39, 0.29) is 0 Å². The fourth-order valence-corrected chi connectivity index (χ4v) is 1.40. The Morgan fingerprint density at radius 1 is 1.44 bits per heavy atom. The number of ether oxygens (including phenoxy) is 1. The molecule has 0 unspecified atom stereocenters. The van der Waals surface area contributed by atoms with E-state index in [9.17, 15) is 0 Å². The predicted octanol–water partition coefficient (Wildman–Crippen LogP) is 1.33. The topological polar surface area (TPSA) is 36.9 Å². The van der Waals surface area contributed by atoms with Crippen molar-refractivity contribution in [2.24, 2.45) is 4.99 Å². The summed E-state index contributed by atoms with van der Waals surface area (Å²) in [5, 5.41) is 3.26. The van der Waals surface area contributed by atoms with Crippen LogP contribution in [0.3, 0.4) is 0 Å². The molecule has 0 atom stereocenters. The standard InChI is InChI=1S/C12H19N3O/c1-13-12(15(2)3)14-9-10-6-5-7-11(8-10)16-4/h5-8H,9H2,1-4H3,(H,13,14). The van der Waals surface area contributed by atoms with E-state index in [1.165, 1.54) is 5.56 Å². The summed E-state index contributed by atoms with van der Waals surface area (Å²) in [5.41, 5.74) is 1.17. The van der Waals surface area contributed by atoms with Gasteiger partial charge in [-0.3, -0.25) is 4.99 Å². The Kier molecular flexibility index (Phi) is 4.64. The first kappa shape index (κ1) is 12.4. The van der Waals surface area contributed by atoms with Crippen molar-refractivity contribution in [3.8, 4) is 5.75 Å². The van der Waals surface area contributed by atoms with Crippen molar-refractivity contribution in [2.75, 3.05) is 28.3 Å². The molecule has 1 aromatic rings. The van der Waals surface area contributed by atoms with Gasteiger partial charge in [0, 0.05) is 27.7 Å². The van der Waals surface area contributed by atoms with Crippen LogP contribution in [0.15, 0.2) is 29.3 Å². The van der Waals surface area contributed by atoms with Crippen LogP contribution in [0.2, 0.25) is 0 Å². The third-order valence-corrected chi connectivity index (χ3v) is 2.22. The molecule has 0 aliphatic carbocycles. The normalized spacial score (nSPS) is 11.1. The lowest BCUT2D eigenvalue weighted by Crippen LogP contribution is -2.35. The van der Waals surface area contributed by atoms with Crippen molar-refractivity contribution < 1.29 is 4.74 Å². The molecule has 0 spiro atoms. The summed E-state index contributed by atoms with van der Waals surface area (Å²) in [6.45, 7) is 0.738. The van der Waals surface area contributed by atoms with Crippen molar-refractivity contribution in [2.45, 2.75) is 6.54 Å². The lowest BCUT2D eigenvalue weighted by Gasteiger charge is -2.17. The minimum absolute atomic E-state index is 0.738. The second-order valence-electron chi connectivity index (χ2n) is 3.65. The van der Waals surface area contributed by atoms with Crippen LogP contribution in [-0.2, 0) is 6.54 Å². The van der Waals surface area contributed by atoms with Gasteiger partial charge in [-0.2, -0.15) is 0 Å². The van der Waals surface area contributed by atoms with Crippen LogP contribution < -0.4 is 10.1 Å². The van der Waals surface area contributed by atoms with Gasteiger partial charge in [-0.25, -0.2) is 0 Å². The van der Waals surface area contributed by atoms with E-state index in [4.69, 9.17) is 4.74 Å². The Morgan fingerprint density at radius 3 is 2.75 bits per heavy atom. The van der Waals surface area contributed by atoms with Crippen molar-refractivity contribution >= 4 is 5.96 Å². The number of hydrogen-bond donors (Lipinski definition) is 1. The summed E-state index contributed by atoms with van der Waals surface area (Å²) in [4.78, 5) is 6.09. The van der Waals surface area contributed by atoms with Gasteiger partial charge in [-0.1, -0.05) is 12.1 Å². The SMILES string of the molecule is CN=C(NCc1cccc(OC)c1)N(C)C. The molecular weight excluding hydrogens is 202 g/mol. The fraction of sp³-hybridized carbons (Fsp3) is 0.417. The molecule has 4 nitrogen and oxygen atoms in total. The van der Waals surface area contributed by atoms with E-state index in [0.29, 0.717) is 0 Å². The summed E-state index contributed by atoms with van der Waals surface area (Å²) >= 11 is 0. The van der Waals surface area contributed by atoms with Crippen molar-refractivity contribution in [3.63, 3.8) is 0 Å². The summed E-state index contributed by atoms with van der Waals surface area (Å²) in [6, 6.07) is 7.98. The van der Waals surface area contributed by atoms with Crippen LogP contribution in [0.5, 0.6) is 5.75 Å². The minimum Gasteiger partial charge on any atom is -0.497 e. The number of hydrogen-bond acceptors (Lipinski definition) is 2. The Hall–Kier alpha value is -1.71. The molecule has 0 saturated carbocycles.